The highest BCUT2D eigenvalue weighted by Crippen LogP contribution is 2.52. The second kappa shape index (κ2) is 9.85. The number of aromatic nitrogens is 3. The minimum atomic E-state index is -0.0741. The molecular formula is C40H29N3. The topological polar surface area (TPSA) is 38.7 Å². The largest absolute Gasteiger partial charge is 0.264 e. The standard InChI is InChI=1S/C40H29N3/c1-40(2)34-20-19-30(23-33(34)38-32-13-7-6-9-27(32)18-21-35(38)40)37-24-36(42-39(43-37)29-10-4-3-5-11-29)28-16-14-26(15-17-28)31-12-8-22-41-25-31/h3-25H,1-2H3. The summed E-state index contributed by atoms with van der Waals surface area (Å²) in [7, 11) is 0. The zero-order valence-electron chi connectivity index (χ0n) is 24.1. The highest BCUT2D eigenvalue weighted by Gasteiger charge is 2.36. The van der Waals surface area contributed by atoms with Gasteiger partial charge in [0.25, 0.3) is 0 Å². The molecule has 0 saturated carbocycles. The van der Waals surface area contributed by atoms with Crippen LogP contribution in [0.4, 0.5) is 0 Å². The number of benzene rings is 5. The predicted molar refractivity (Wildman–Crippen MR) is 177 cm³/mol. The van der Waals surface area contributed by atoms with E-state index in [0.29, 0.717) is 0 Å². The Bertz CT molecular complexity index is 2130. The van der Waals surface area contributed by atoms with Crippen molar-refractivity contribution >= 4 is 10.8 Å². The van der Waals surface area contributed by atoms with Crippen LogP contribution in [0.1, 0.15) is 25.0 Å². The molecule has 204 valence electrons. The molecule has 0 fully saturated rings. The van der Waals surface area contributed by atoms with Gasteiger partial charge in [-0.15, -0.1) is 0 Å². The smallest absolute Gasteiger partial charge is 0.160 e. The summed E-state index contributed by atoms with van der Waals surface area (Å²) in [4.78, 5) is 14.5. The number of fused-ring (bicyclic) bond motifs is 5. The van der Waals surface area contributed by atoms with Crippen LogP contribution in [0.5, 0.6) is 0 Å². The molecule has 2 heterocycles. The van der Waals surface area contributed by atoms with Crippen molar-refractivity contribution in [1.29, 1.82) is 0 Å². The van der Waals surface area contributed by atoms with Gasteiger partial charge < -0.3 is 0 Å². The Kier molecular flexibility index (Phi) is 5.80. The zero-order valence-corrected chi connectivity index (χ0v) is 24.1. The van der Waals surface area contributed by atoms with Crippen LogP contribution in [0.25, 0.3) is 66.9 Å². The van der Waals surface area contributed by atoms with E-state index in [0.717, 1.165) is 45.0 Å². The molecular weight excluding hydrogens is 522 g/mol. The number of hydrogen-bond donors (Lipinski definition) is 0. The molecule has 8 rings (SSSR count). The van der Waals surface area contributed by atoms with Gasteiger partial charge in [0, 0.05) is 34.5 Å². The van der Waals surface area contributed by atoms with Gasteiger partial charge in [-0.2, -0.15) is 0 Å². The fourth-order valence-electron chi connectivity index (χ4n) is 6.51. The average molecular weight is 552 g/mol. The lowest BCUT2D eigenvalue weighted by Gasteiger charge is -2.21. The van der Waals surface area contributed by atoms with E-state index in [4.69, 9.17) is 9.97 Å². The Morgan fingerprint density at radius 1 is 0.512 bits per heavy atom. The van der Waals surface area contributed by atoms with Gasteiger partial charge in [0.2, 0.25) is 0 Å². The van der Waals surface area contributed by atoms with Gasteiger partial charge in [-0.05, 0) is 62.4 Å². The molecule has 3 heteroatoms. The monoisotopic (exact) mass is 551 g/mol. The lowest BCUT2D eigenvalue weighted by atomic mass is 9.82. The van der Waals surface area contributed by atoms with Crippen molar-refractivity contribution in [2.45, 2.75) is 19.3 Å². The van der Waals surface area contributed by atoms with Crippen molar-refractivity contribution < 1.29 is 0 Å². The molecule has 5 aromatic carbocycles. The van der Waals surface area contributed by atoms with Gasteiger partial charge in [-0.25, -0.2) is 9.97 Å². The van der Waals surface area contributed by atoms with Gasteiger partial charge in [0.1, 0.15) is 0 Å². The van der Waals surface area contributed by atoms with Gasteiger partial charge in [0.05, 0.1) is 11.4 Å². The van der Waals surface area contributed by atoms with E-state index in [1.54, 1.807) is 6.20 Å². The molecule has 1 aliphatic carbocycles. The Labute approximate surface area is 251 Å². The molecule has 0 bridgehead atoms. The molecule has 2 aromatic heterocycles. The van der Waals surface area contributed by atoms with Crippen LogP contribution in [0.3, 0.4) is 0 Å². The van der Waals surface area contributed by atoms with E-state index < -0.39 is 0 Å². The molecule has 7 aromatic rings. The van der Waals surface area contributed by atoms with E-state index >= 15 is 0 Å². The average Bonchev–Trinajstić information content (AvgIpc) is 3.31. The van der Waals surface area contributed by atoms with Gasteiger partial charge >= 0.3 is 0 Å². The maximum atomic E-state index is 5.13. The molecule has 0 unspecified atom stereocenters. The van der Waals surface area contributed by atoms with E-state index in [9.17, 15) is 0 Å². The van der Waals surface area contributed by atoms with Crippen LogP contribution >= 0.6 is 0 Å². The number of hydrogen-bond acceptors (Lipinski definition) is 3. The van der Waals surface area contributed by atoms with E-state index in [2.05, 4.69) is 122 Å². The van der Waals surface area contributed by atoms with Gasteiger partial charge in [-0.1, -0.05) is 123 Å². The Morgan fingerprint density at radius 2 is 1.19 bits per heavy atom. The molecule has 0 saturated heterocycles. The summed E-state index contributed by atoms with van der Waals surface area (Å²) in [6, 6.07) is 45.1. The SMILES string of the molecule is CC1(C)c2ccc(-c3cc(-c4ccc(-c5cccnc5)cc4)nc(-c4ccccc4)n3)cc2-c2c1ccc1ccccc21. The fraction of sp³-hybridized carbons (Fsp3) is 0.0750. The Balaban J connectivity index is 1.29. The summed E-state index contributed by atoms with van der Waals surface area (Å²) >= 11 is 0. The molecule has 0 aliphatic heterocycles. The second-order valence-electron chi connectivity index (χ2n) is 11.7. The van der Waals surface area contributed by atoms with E-state index in [1.807, 2.05) is 30.5 Å². The molecule has 0 atom stereocenters. The Hall–Kier alpha value is -5.41. The molecule has 0 amide bonds. The first kappa shape index (κ1) is 25.3. The van der Waals surface area contributed by atoms with Crippen molar-refractivity contribution in [3.8, 4) is 56.2 Å². The number of rotatable bonds is 4. The Morgan fingerprint density at radius 3 is 1.98 bits per heavy atom. The van der Waals surface area contributed by atoms with Crippen LogP contribution in [0, 0.1) is 0 Å². The molecule has 0 radical (unpaired) electrons. The van der Waals surface area contributed by atoms with Crippen LogP contribution < -0.4 is 0 Å². The summed E-state index contributed by atoms with van der Waals surface area (Å²) < 4.78 is 0. The summed E-state index contributed by atoms with van der Waals surface area (Å²) in [6.45, 7) is 4.66. The quantitative estimate of drug-likeness (QED) is 0.218. The van der Waals surface area contributed by atoms with Gasteiger partial charge in [-0.3, -0.25) is 4.98 Å². The first-order valence-corrected chi connectivity index (χ1v) is 14.7. The summed E-state index contributed by atoms with van der Waals surface area (Å²) in [6.07, 6.45) is 3.69. The molecule has 43 heavy (non-hydrogen) atoms. The highest BCUT2D eigenvalue weighted by molar-refractivity contribution is 6.03. The third kappa shape index (κ3) is 4.24. The van der Waals surface area contributed by atoms with Crippen LogP contribution in [0.15, 0.2) is 140 Å². The second-order valence-corrected chi connectivity index (χ2v) is 11.7. The fourth-order valence-corrected chi connectivity index (χ4v) is 6.51. The van der Waals surface area contributed by atoms with E-state index in [1.165, 1.54) is 33.0 Å². The van der Waals surface area contributed by atoms with Crippen LogP contribution in [-0.4, -0.2) is 15.0 Å². The predicted octanol–water partition coefficient (Wildman–Crippen LogP) is 10.00. The third-order valence-electron chi connectivity index (χ3n) is 8.79. The maximum absolute atomic E-state index is 5.13. The minimum absolute atomic E-state index is 0.0741. The highest BCUT2D eigenvalue weighted by atomic mass is 14.9. The number of nitrogens with zero attached hydrogens (tertiary/aromatic N) is 3. The zero-order chi connectivity index (χ0) is 29.0. The van der Waals surface area contributed by atoms with E-state index in [-0.39, 0.29) is 5.41 Å². The third-order valence-corrected chi connectivity index (χ3v) is 8.79. The van der Waals surface area contributed by atoms with Gasteiger partial charge in [0.15, 0.2) is 5.82 Å². The molecule has 0 N–H and O–H groups in total. The lowest BCUT2D eigenvalue weighted by molar-refractivity contribution is 0.661. The summed E-state index contributed by atoms with van der Waals surface area (Å²) in [5.74, 6) is 0.719. The van der Waals surface area contributed by atoms with Crippen molar-refractivity contribution in [3.05, 3.63) is 151 Å². The number of pyridine rings is 1. The van der Waals surface area contributed by atoms with Crippen molar-refractivity contribution in [2.24, 2.45) is 0 Å². The maximum Gasteiger partial charge on any atom is 0.160 e. The summed E-state index contributed by atoms with van der Waals surface area (Å²) in [5, 5.41) is 2.56. The first-order chi connectivity index (χ1) is 21.1. The van der Waals surface area contributed by atoms with Crippen molar-refractivity contribution in [2.75, 3.05) is 0 Å². The van der Waals surface area contributed by atoms with Crippen LogP contribution in [0.2, 0.25) is 0 Å². The van der Waals surface area contributed by atoms with Crippen molar-refractivity contribution in [3.63, 3.8) is 0 Å². The molecule has 3 nitrogen and oxygen atoms in total. The summed E-state index contributed by atoms with van der Waals surface area (Å²) in [5.41, 5.74) is 12.4. The minimum Gasteiger partial charge on any atom is -0.264 e. The van der Waals surface area contributed by atoms with Crippen LogP contribution in [-0.2, 0) is 5.41 Å². The molecule has 0 spiro atoms. The first-order valence-electron chi connectivity index (χ1n) is 14.7. The normalized spacial score (nSPS) is 13.1. The lowest BCUT2D eigenvalue weighted by Crippen LogP contribution is -2.14. The molecule has 1 aliphatic rings. The van der Waals surface area contributed by atoms with Crippen molar-refractivity contribution in [1.82, 2.24) is 15.0 Å².